The normalized spacial score (nSPS) is 9.27. The number of aliphatic imine (C=N–C) groups is 1. The number of isocyanates is 1. The van der Waals surface area contributed by atoms with Crippen LogP contribution in [0.1, 0.15) is 6.92 Å². The molecule has 1 aromatic rings. The number of carbonyl (C=O) groups is 1. The molecule has 0 aliphatic rings. The van der Waals surface area contributed by atoms with E-state index in [2.05, 4.69) is 9.73 Å². The second kappa shape index (κ2) is 4.43. The fraction of sp³-hybridized carbons (Fsp3) is 0.111. The Hall–Kier alpha value is -2.07. The van der Waals surface area contributed by atoms with Gasteiger partial charge in [0.2, 0.25) is 11.8 Å². The van der Waals surface area contributed by atoms with Crippen molar-refractivity contribution in [3.8, 4) is 5.75 Å². The van der Waals surface area contributed by atoms with Crippen LogP contribution in [0, 0.1) is 11.6 Å². The van der Waals surface area contributed by atoms with E-state index in [-0.39, 0.29) is 5.69 Å². The molecule has 0 bridgehead atoms. The third kappa shape index (κ3) is 2.69. The van der Waals surface area contributed by atoms with Gasteiger partial charge < -0.3 is 4.74 Å². The van der Waals surface area contributed by atoms with Crippen LogP contribution in [0.15, 0.2) is 17.1 Å². The third-order valence-electron chi connectivity index (χ3n) is 1.40. The summed E-state index contributed by atoms with van der Waals surface area (Å²) in [6.45, 7) is 1.01. The van der Waals surface area contributed by atoms with E-state index in [0.29, 0.717) is 0 Å². The van der Waals surface area contributed by atoms with Gasteiger partial charge in [0.05, 0.1) is 5.69 Å². The molecular formula is C9H5F2NO3. The second-order valence-electron chi connectivity index (χ2n) is 2.54. The number of hydrogen-bond acceptors (Lipinski definition) is 4. The number of esters is 1. The summed E-state index contributed by atoms with van der Waals surface area (Å²) in [6, 6.07) is 1.51. The molecule has 15 heavy (non-hydrogen) atoms. The fourth-order valence-electron chi connectivity index (χ4n) is 0.905. The predicted molar refractivity (Wildman–Crippen MR) is 45.4 cm³/mol. The summed E-state index contributed by atoms with van der Waals surface area (Å²) in [5.41, 5.74) is -0.240. The molecule has 6 heteroatoms. The minimum absolute atomic E-state index is 0.240. The number of halogens is 2. The van der Waals surface area contributed by atoms with E-state index in [1.165, 1.54) is 0 Å². The topological polar surface area (TPSA) is 55.7 Å². The Labute approximate surface area is 83.2 Å². The number of rotatable bonds is 2. The Morgan fingerprint density at radius 2 is 1.93 bits per heavy atom. The van der Waals surface area contributed by atoms with E-state index in [1.54, 1.807) is 0 Å². The predicted octanol–water partition coefficient (Wildman–Crippen LogP) is 1.86. The second-order valence-corrected chi connectivity index (χ2v) is 2.54. The van der Waals surface area contributed by atoms with E-state index in [0.717, 1.165) is 25.1 Å². The largest absolute Gasteiger partial charge is 0.420 e. The SMILES string of the molecule is CC(=O)Oc1c(F)cc(N=C=O)cc1F. The molecule has 0 atom stereocenters. The highest BCUT2D eigenvalue weighted by Crippen LogP contribution is 2.26. The number of hydrogen-bond donors (Lipinski definition) is 0. The summed E-state index contributed by atoms with van der Waals surface area (Å²) in [5.74, 6) is -3.88. The van der Waals surface area contributed by atoms with Crippen molar-refractivity contribution in [2.45, 2.75) is 6.92 Å². The Morgan fingerprint density at radius 1 is 1.40 bits per heavy atom. The van der Waals surface area contributed by atoms with Gasteiger partial charge in [-0.2, -0.15) is 4.99 Å². The maximum Gasteiger partial charge on any atom is 0.308 e. The summed E-state index contributed by atoms with van der Waals surface area (Å²) in [6.07, 6.45) is 1.13. The zero-order valence-electron chi connectivity index (χ0n) is 7.58. The zero-order valence-corrected chi connectivity index (χ0v) is 7.58. The van der Waals surface area contributed by atoms with Crippen LogP contribution in [0.5, 0.6) is 5.75 Å². The van der Waals surface area contributed by atoms with Gasteiger partial charge in [0.1, 0.15) is 0 Å². The summed E-state index contributed by atoms with van der Waals surface area (Å²) >= 11 is 0. The van der Waals surface area contributed by atoms with Gasteiger partial charge in [0, 0.05) is 19.1 Å². The van der Waals surface area contributed by atoms with Crippen LogP contribution in [-0.4, -0.2) is 12.0 Å². The molecule has 0 spiro atoms. The molecule has 0 fully saturated rings. The van der Waals surface area contributed by atoms with Gasteiger partial charge in [0.25, 0.3) is 0 Å². The Kier molecular flexibility index (Phi) is 3.25. The fourth-order valence-corrected chi connectivity index (χ4v) is 0.905. The minimum atomic E-state index is -1.11. The number of nitrogens with zero attached hydrogens (tertiary/aromatic N) is 1. The summed E-state index contributed by atoms with van der Waals surface area (Å²) in [5, 5.41) is 0. The van der Waals surface area contributed by atoms with Crippen molar-refractivity contribution in [2.75, 3.05) is 0 Å². The molecule has 4 nitrogen and oxygen atoms in total. The number of carbonyl (C=O) groups excluding carboxylic acids is 2. The van der Waals surface area contributed by atoms with Crippen LogP contribution in [-0.2, 0) is 9.59 Å². The first-order valence-electron chi connectivity index (χ1n) is 3.80. The van der Waals surface area contributed by atoms with E-state index in [4.69, 9.17) is 0 Å². The molecule has 0 aliphatic heterocycles. The lowest BCUT2D eigenvalue weighted by molar-refractivity contribution is -0.132. The Balaban J connectivity index is 3.20. The van der Waals surface area contributed by atoms with E-state index in [9.17, 15) is 18.4 Å². The van der Waals surface area contributed by atoms with Gasteiger partial charge in [-0.25, -0.2) is 13.6 Å². The molecule has 0 radical (unpaired) electrons. The van der Waals surface area contributed by atoms with Gasteiger partial charge in [-0.3, -0.25) is 4.79 Å². The summed E-state index contributed by atoms with van der Waals surface area (Å²) in [7, 11) is 0. The molecule has 1 rings (SSSR count). The first-order chi connectivity index (χ1) is 7.04. The van der Waals surface area contributed by atoms with Crippen LogP contribution in [0.2, 0.25) is 0 Å². The van der Waals surface area contributed by atoms with Crippen molar-refractivity contribution < 1.29 is 23.1 Å². The molecule has 0 saturated heterocycles. The highest BCUT2D eigenvalue weighted by Gasteiger charge is 2.14. The van der Waals surface area contributed by atoms with E-state index >= 15 is 0 Å². The molecule has 1 aromatic carbocycles. The van der Waals surface area contributed by atoms with Gasteiger partial charge >= 0.3 is 5.97 Å². The van der Waals surface area contributed by atoms with Crippen molar-refractivity contribution in [3.63, 3.8) is 0 Å². The lowest BCUT2D eigenvalue weighted by Crippen LogP contribution is -2.05. The van der Waals surface area contributed by atoms with E-state index < -0.39 is 23.4 Å². The van der Waals surface area contributed by atoms with E-state index in [1.807, 2.05) is 0 Å². The van der Waals surface area contributed by atoms with Crippen LogP contribution < -0.4 is 4.74 Å². The Bertz CT molecular complexity index is 430. The lowest BCUT2D eigenvalue weighted by Gasteiger charge is -2.04. The quantitative estimate of drug-likeness (QED) is 0.326. The van der Waals surface area contributed by atoms with Crippen molar-refractivity contribution in [1.82, 2.24) is 0 Å². The van der Waals surface area contributed by atoms with Gasteiger partial charge in [-0.15, -0.1) is 0 Å². The maximum absolute atomic E-state index is 13.1. The molecule has 0 heterocycles. The molecule has 0 N–H and O–H groups in total. The number of benzene rings is 1. The Morgan fingerprint density at radius 3 is 2.33 bits per heavy atom. The molecular weight excluding hydrogens is 208 g/mol. The van der Waals surface area contributed by atoms with Crippen molar-refractivity contribution >= 4 is 17.7 Å². The summed E-state index contributed by atoms with van der Waals surface area (Å²) in [4.78, 5) is 23.3. The zero-order chi connectivity index (χ0) is 11.4. The van der Waals surface area contributed by atoms with Crippen LogP contribution in [0.25, 0.3) is 0 Å². The number of ether oxygens (including phenoxy) is 1. The molecule has 0 aromatic heterocycles. The standard InChI is InChI=1S/C9H5F2NO3/c1-5(14)15-9-7(10)2-6(12-4-13)3-8(9)11/h2-3H,1H3. The van der Waals surface area contributed by atoms with Crippen LogP contribution in [0.3, 0.4) is 0 Å². The molecule has 0 amide bonds. The minimum Gasteiger partial charge on any atom is -0.420 e. The monoisotopic (exact) mass is 213 g/mol. The van der Waals surface area contributed by atoms with Gasteiger partial charge in [0.15, 0.2) is 11.6 Å². The molecule has 78 valence electrons. The maximum atomic E-state index is 13.1. The van der Waals surface area contributed by atoms with Crippen molar-refractivity contribution in [3.05, 3.63) is 23.8 Å². The van der Waals surface area contributed by atoms with Crippen LogP contribution >= 0.6 is 0 Å². The first kappa shape index (κ1) is 11.0. The highest BCUT2D eigenvalue weighted by atomic mass is 19.1. The lowest BCUT2D eigenvalue weighted by atomic mass is 10.3. The first-order valence-corrected chi connectivity index (χ1v) is 3.80. The third-order valence-corrected chi connectivity index (χ3v) is 1.40. The van der Waals surface area contributed by atoms with Crippen molar-refractivity contribution in [1.29, 1.82) is 0 Å². The average Bonchev–Trinajstić information content (AvgIpc) is 2.11. The molecule has 0 unspecified atom stereocenters. The smallest absolute Gasteiger partial charge is 0.308 e. The highest BCUT2D eigenvalue weighted by molar-refractivity contribution is 5.69. The molecule has 0 saturated carbocycles. The van der Waals surface area contributed by atoms with Gasteiger partial charge in [-0.05, 0) is 0 Å². The van der Waals surface area contributed by atoms with Crippen molar-refractivity contribution in [2.24, 2.45) is 4.99 Å². The van der Waals surface area contributed by atoms with Gasteiger partial charge in [-0.1, -0.05) is 0 Å². The average molecular weight is 213 g/mol. The molecule has 0 aliphatic carbocycles. The van der Waals surface area contributed by atoms with Crippen LogP contribution in [0.4, 0.5) is 14.5 Å². The summed E-state index contributed by atoms with van der Waals surface area (Å²) < 4.78 is 30.5.